The Bertz CT molecular complexity index is 1530. The van der Waals surface area contributed by atoms with Crippen LogP contribution in [0.2, 0.25) is 0 Å². The van der Waals surface area contributed by atoms with E-state index in [1.54, 1.807) is 12.1 Å². The molecule has 7 nitrogen and oxygen atoms in total. The van der Waals surface area contributed by atoms with Crippen molar-refractivity contribution in [3.63, 3.8) is 0 Å². The van der Waals surface area contributed by atoms with Gasteiger partial charge in [0.15, 0.2) is 5.78 Å². The summed E-state index contributed by atoms with van der Waals surface area (Å²) >= 11 is 0. The zero-order valence-electron chi connectivity index (χ0n) is 23.1. The Balaban J connectivity index is 1.71. The van der Waals surface area contributed by atoms with E-state index in [1.807, 2.05) is 69.3 Å². The highest BCUT2D eigenvalue weighted by molar-refractivity contribution is 6.00. The minimum absolute atomic E-state index is 0.0107. The molecule has 4 rings (SSSR count). The Morgan fingerprint density at radius 3 is 2.33 bits per heavy atom. The number of rotatable bonds is 10. The third kappa shape index (κ3) is 5.93. The molecular weight excluding hydrogens is 490 g/mol. The number of nitrogens with one attached hydrogen (secondary N) is 1. The molecule has 0 saturated heterocycles. The zero-order chi connectivity index (χ0) is 28.3. The number of aryl methyl sites for hydroxylation is 2. The normalized spacial score (nSPS) is 12.1. The molecule has 1 amide bonds. The molecule has 1 atom stereocenters. The molecule has 1 aromatic heterocycles. The van der Waals surface area contributed by atoms with E-state index >= 15 is 0 Å². The second-order valence-electron chi connectivity index (χ2n) is 10.4. The number of carbonyl (C=O) groups is 3. The number of imidazole rings is 1. The highest BCUT2D eigenvalue weighted by Crippen LogP contribution is 2.27. The Morgan fingerprint density at radius 2 is 1.72 bits per heavy atom. The van der Waals surface area contributed by atoms with E-state index in [-0.39, 0.29) is 23.2 Å². The number of hydrogen-bond donors (Lipinski definition) is 2. The quantitative estimate of drug-likeness (QED) is 0.262. The lowest BCUT2D eigenvalue weighted by molar-refractivity contribution is -0.119. The van der Waals surface area contributed by atoms with Crippen molar-refractivity contribution < 1.29 is 19.5 Å². The molecule has 0 aliphatic rings. The maximum atomic E-state index is 13.2. The summed E-state index contributed by atoms with van der Waals surface area (Å²) in [6.45, 7) is 9.94. The van der Waals surface area contributed by atoms with Gasteiger partial charge in [-0.2, -0.15) is 0 Å². The largest absolute Gasteiger partial charge is 0.478 e. The lowest BCUT2D eigenvalue weighted by Gasteiger charge is -2.19. The summed E-state index contributed by atoms with van der Waals surface area (Å²) in [5.74, 6) is -0.372. The Kier molecular flexibility index (Phi) is 8.29. The van der Waals surface area contributed by atoms with Gasteiger partial charge in [0, 0.05) is 18.5 Å². The molecule has 0 aliphatic carbocycles. The first-order chi connectivity index (χ1) is 18.6. The van der Waals surface area contributed by atoms with Gasteiger partial charge in [-0.1, -0.05) is 63.2 Å². The zero-order valence-corrected chi connectivity index (χ0v) is 23.1. The van der Waals surface area contributed by atoms with Crippen LogP contribution in [0.1, 0.15) is 71.8 Å². The molecule has 4 aromatic rings. The molecule has 1 unspecified atom stereocenters. The topological polar surface area (TPSA) is 101 Å². The first-order valence-electron chi connectivity index (χ1n) is 13.3. The van der Waals surface area contributed by atoms with Gasteiger partial charge in [0.1, 0.15) is 5.82 Å². The van der Waals surface area contributed by atoms with Crippen molar-refractivity contribution in [3.05, 3.63) is 88.7 Å². The highest BCUT2D eigenvalue weighted by atomic mass is 16.4. The minimum Gasteiger partial charge on any atom is -0.478 e. The van der Waals surface area contributed by atoms with Gasteiger partial charge in [-0.3, -0.25) is 9.59 Å². The van der Waals surface area contributed by atoms with Crippen LogP contribution in [0.15, 0.2) is 60.7 Å². The summed E-state index contributed by atoms with van der Waals surface area (Å²) in [7, 11) is 0. The molecule has 2 N–H and O–H groups in total. The Morgan fingerprint density at radius 1 is 1.03 bits per heavy atom. The number of nitrogens with zero attached hydrogens (tertiary/aromatic N) is 2. The number of amides is 1. The van der Waals surface area contributed by atoms with Gasteiger partial charge < -0.3 is 15.0 Å². The van der Waals surface area contributed by atoms with Gasteiger partial charge in [-0.15, -0.1) is 0 Å². The first kappa shape index (κ1) is 27.8. The van der Waals surface area contributed by atoms with Gasteiger partial charge >= 0.3 is 5.97 Å². The molecule has 0 radical (unpaired) electrons. The van der Waals surface area contributed by atoms with E-state index in [2.05, 4.69) is 16.8 Å². The number of carbonyl (C=O) groups excluding carboxylic acids is 2. The van der Waals surface area contributed by atoms with E-state index in [4.69, 9.17) is 4.98 Å². The molecule has 7 heteroatoms. The number of Topliss-reactive ketones (excluding diaryl/α,β-unsaturated/α-hetero) is 1. The van der Waals surface area contributed by atoms with Crippen molar-refractivity contribution in [2.24, 2.45) is 5.92 Å². The number of aromatic carboxylic acids is 1. The van der Waals surface area contributed by atoms with Crippen molar-refractivity contribution in [2.45, 2.75) is 60.0 Å². The predicted octanol–water partition coefficient (Wildman–Crippen LogP) is 6.05. The number of aromatic nitrogens is 2. The van der Waals surface area contributed by atoms with Crippen LogP contribution in [0.4, 0.5) is 0 Å². The number of benzene rings is 3. The maximum Gasteiger partial charge on any atom is 0.336 e. The summed E-state index contributed by atoms with van der Waals surface area (Å²) < 4.78 is 2.15. The highest BCUT2D eigenvalue weighted by Gasteiger charge is 2.23. The molecule has 3 aromatic carbocycles. The lowest BCUT2D eigenvalue weighted by Crippen LogP contribution is -2.43. The number of carboxylic acid groups (broad SMARTS) is 1. The van der Waals surface area contributed by atoms with Gasteiger partial charge in [-0.05, 0) is 66.6 Å². The number of ketones is 1. The molecule has 0 bridgehead atoms. The smallest absolute Gasteiger partial charge is 0.336 e. The fourth-order valence-corrected chi connectivity index (χ4v) is 5.02. The monoisotopic (exact) mass is 525 g/mol. The van der Waals surface area contributed by atoms with E-state index in [9.17, 15) is 19.5 Å². The van der Waals surface area contributed by atoms with E-state index in [0.717, 1.165) is 46.4 Å². The van der Waals surface area contributed by atoms with E-state index in [0.29, 0.717) is 17.7 Å². The van der Waals surface area contributed by atoms with E-state index in [1.165, 1.54) is 6.92 Å². The standard InChI is InChI=1S/C32H35N3O4/c1-6-9-28-33-30-20(4)16-24(31(37)34-29(19(2)3)21(5)36)17-27(30)35(28)18-22-12-14-23(15-13-22)25-10-7-8-11-26(25)32(38)39/h7-8,10-17,19,29H,6,9,18H2,1-5H3,(H,34,37)(H,38,39). The van der Waals surface area contributed by atoms with Crippen LogP contribution in [0.3, 0.4) is 0 Å². The number of carboxylic acids is 1. The van der Waals surface area contributed by atoms with Crippen LogP contribution in [0, 0.1) is 12.8 Å². The third-order valence-corrected chi connectivity index (χ3v) is 7.01. The van der Waals surface area contributed by atoms with Crippen molar-refractivity contribution in [3.8, 4) is 11.1 Å². The second-order valence-corrected chi connectivity index (χ2v) is 10.4. The third-order valence-electron chi connectivity index (χ3n) is 7.01. The van der Waals surface area contributed by atoms with Crippen LogP contribution in [-0.2, 0) is 17.8 Å². The van der Waals surface area contributed by atoms with Crippen LogP contribution >= 0.6 is 0 Å². The molecule has 0 spiro atoms. The molecule has 1 heterocycles. The summed E-state index contributed by atoms with van der Waals surface area (Å²) in [5, 5.41) is 12.5. The molecule has 39 heavy (non-hydrogen) atoms. The van der Waals surface area contributed by atoms with Gasteiger partial charge in [0.25, 0.3) is 5.91 Å². The van der Waals surface area contributed by atoms with Gasteiger partial charge in [0.2, 0.25) is 0 Å². The average Bonchev–Trinajstić information content (AvgIpc) is 3.24. The molecular formula is C32H35N3O4. The van der Waals surface area contributed by atoms with Crippen molar-refractivity contribution in [2.75, 3.05) is 0 Å². The second kappa shape index (κ2) is 11.6. The van der Waals surface area contributed by atoms with E-state index < -0.39 is 12.0 Å². The van der Waals surface area contributed by atoms with Crippen molar-refractivity contribution >= 4 is 28.7 Å². The fraction of sp³-hybridized carbons (Fsp3) is 0.312. The van der Waals surface area contributed by atoms with Crippen molar-refractivity contribution in [1.82, 2.24) is 14.9 Å². The van der Waals surface area contributed by atoms with Crippen LogP contribution in [-0.4, -0.2) is 38.4 Å². The number of fused-ring (bicyclic) bond motifs is 1. The Labute approximate surface area is 228 Å². The molecule has 0 saturated carbocycles. The molecule has 0 aliphatic heterocycles. The van der Waals surface area contributed by atoms with Crippen LogP contribution in [0.25, 0.3) is 22.2 Å². The fourth-order valence-electron chi connectivity index (χ4n) is 5.02. The van der Waals surface area contributed by atoms with Gasteiger partial charge in [-0.25, -0.2) is 9.78 Å². The predicted molar refractivity (Wildman–Crippen MR) is 153 cm³/mol. The Hall–Kier alpha value is -4.26. The number of hydrogen-bond acceptors (Lipinski definition) is 4. The van der Waals surface area contributed by atoms with Gasteiger partial charge in [0.05, 0.1) is 22.6 Å². The van der Waals surface area contributed by atoms with Crippen molar-refractivity contribution in [1.29, 1.82) is 0 Å². The summed E-state index contributed by atoms with van der Waals surface area (Å²) in [4.78, 5) is 41.8. The summed E-state index contributed by atoms with van der Waals surface area (Å²) in [5.41, 5.74) is 5.93. The van der Waals surface area contributed by atoms with Crippen LogP contribution in [0.5, 0.6) is 0 Å². The minimum atomic E-state index is -0.956. The first-order valence-corrected chi connectivity index (χ1v) is 13.3. The lowest BCUT2D eigenvalue weighted by atomic mass is 9.98. The SMILES string of the molecule is CCCc1nc2c(C)cc(C(=O)NC(C(C)=O)C(C)C)cc2n1Cc1ccc(-c2ccccc2C(=O)O)cc1. The van der Waals surface area contributed by atoms with Crippen LogP contribution < -0.4 is 5.32 Å². The summed E-state index contributed by atoms with van der Waals surface area (Å²) in [6.07, 6.45) is 1.72. The summed E-state index contributed by atoms with van der Waals surface area (Å²) in [6, 6.07) is 18.0. The molecule has 202 valence electrons. The maximum absolute atomic E-state index is 13.2. The average molecular weight is 526 g/mol. The molecule has 0 fully saturated rings.